The zero-order chi connectivity index (χ0) is 12.4. The summed E-state index contributed by atoms with van der Waals surface area (Å²) < 4.78 is 12.9. The van der Waals surface area contributed by atoms with Gasteiger partial charge in [-0.15, -0.1) is 0 Å². The third-order valence-electron chi connectivity index (χ3n) is 2.57. The van der Waals surface area contributed by atoms with Gasteiger partial charge in [-0.2, -0.15) is 0 Å². The van der Waals surface area contributed by atoms with Gasteiger partial charge >= 0.3 is 0 Å². The summed E-state index contributed by atoms with van der Waals surface area (Å²) in [6, 6.07) is 11.0. The Bertz CT molecular complexity index is 561. The maximum Gasteiger partial charge on any atom is 0.195 e. The first-order chi connectivity index (χ1) is 8.08. The van der Waals surface area contributed by atoms with Crippen molar-refractivity contribution in [2.45, 2.75) is 6.92 Å². The molecule has 0 heterocycles. The smallest absolute Gasteiger partial charge is 0.195 e. The summed E-state index contributed by atoms with van der Waals surface area (Å²) in [6.45, 7) is 1.94. The number of halogens is 1. The van der Waals surface area contributed by atoms with Crippen LogP contribution in [0.25, 0.3) is 0 Å². The molecule has 0 amide bonds. The lowest BCUT2D eigenvalue weighted by atomic mass is 10.0. The molecule has 17 heavy (non-hydrogen) atoms. The van der Waals surface area contributed by atoms with Gasteiger partial charge in [0.15, 0.2) is 5.78 Å². The van der Waals surface area contributed by atoms with E-state index in [2.05, 4.69) is 0 Å². The molecule has 0 atom stereocenters. The predicted molar refractivity (Wildman–Crippen MR) is 65.4 cm³/mol. The van der Waals surface area contributed by atoms with E-state index in [1.54, 1.807) is 12.1 Å². The monoisotopic (exact) mass is 229 g/mol. The Hall–Kier alpha value is -2.16. The molecule has 0 saturated carbocycles. The van der Waals surface area contributed by atoms with Crippen molar-refractivity contribution in [1.29, 1.82) is 0 Å². The summed E-state index contributed by atoms with van der Waals surface area (Å²) in [7, 11) is 0. The van der Waals surface area contributed by atoms with E-state index in [1.807, 2.05) is 19.1 Å². The first-order valence-electron chi connectivity index (χ1n) is 5.24. The number of nitrogens with two attached hydrogens (primary N) is 1. The average molecular weight is 229 g/mol. The molecule has 3 heteroatoms. The first kappa shape index (κ1) is 11.3. The van der Waals surface area contributed by atoms with Gasteiger partial charge in [0.1, 0.15) is 5.82 Å². The molecule has 0 aliphatic carbocycles. The summed E-state index contributed by atoms with van der Waals surface area (Å²) in [5, 5.41) is 0. The number of rotatable bonds is 2. The molecule has 2 aromatic carbocycles. The van der Waals surface area contributed by atoms with Crippen molar-refractivity contribution in [3.63, 3.8) is 0 Å². The third kappa shape index (κ3) is 2.33. The van der Waals surface area contributed by atoms with Crippen molar-refractivity contribution >= 4 is 11.5 Å². The Balaban J connectivity index is 2.40. The van der Waals surface area contributed by atoms with E-state index in [0.29, 0.717) is 11.1 Å². The van der Waals surface area contributed by atoms with Gasteiger partial charge < -0.3 is 5.73 Å². The second-order valence-corrected chi connectivity index (χ2v) is 3.93. The quantitative estimate of drug-likeness (QED) is 0.635. The molecule has 0 spiro atoms. The Morgan fingerprint density at radius 2 is 1.76 bits per heavy atom. The minimum Gasteiger partial charge on any atom is -0.398 e. The second kappa shape index (κ2) is 4.37. The third-order valence-corrected chi connectivity index (χ3v) is 2.57. The van der Waals surface area contributed by atoms with Crippen LogP contribution in [0, 0.1) is 12.7 Å². The predicted octanol–water partition coefficient (Wildman–Crippen LogP) is 2.95. The van der Waals surface area contributed by atoms with Crippen molar-refractivity contribution in [1.82, 2.24) is 0 Å². The summed E-state index contributed by atoms with van der Waals surface area (Å²) in [5.74, 6) is -0.634. The zero-order valence-corrected chi connectivity index (χ0v) is 9.41. The minimum atomic E-state index is -0.442. The molecule has 0 saturated heterocycles. The highest BCUT2D eigenvalue weighted by Gasteiger charge is 2.12. The van der Waals surface area contributed by atoms with E-state index in [-0.39, 0.29) is 11.5 Å². The van der Waals surface area contributed by atoms with Gasteiger partial charge in [-0.1, -0.05) is 29.8 Å². The molecule has 2 rings (SSSR count). The van der Waals surface area contributed by atoms with Crippen molar-refractivity contribution < 1.29 is 9.18 Å². The molecule has 0 aliphatic rings. The van der Waals surface area contributed by atoms with Crippen LogP contribution in [0.2, 0.25) is 0 Å². The van der Waals surface area contributed by atoms with Gasteiger partial charge in [0, 0.05) is 16.8 Å². The number of hydrogen-bond donors (Lipinski definition) is 1. The Morgan fingerprint density at radius 3 is 2.35 bits per heavy atom. The lowest BCUT2D eigenvalue weighted by molar-refractivity contribution is 0.103. The van der Waals surface area contributed by atoms with Crippen LogP contribution in [-0.2, 0) is 0 Å². The van der Waals surface area contributed by atoms with Crippen LogP contribution in [0.3, 0.4) is 0 Å². The van der Waals surface area contributed by atoms with Crippen molar-refractivity contribution in [3.05, 3.63) is 65.0 Å². The van der Waals surface area contributed by atoms with Gasteiger partial charge in [0.25, 0.3) is 0 Å². The van der Waals surface area contributed by atoms with Gasteiger partial charge in [0.2, 0.25) is 0 Å². The number of ketones is 1. The zero-order valence-electron chi connectivity index (χ0n) is 9.41. The topological polar surface area (TPSA) is 43.1 Å². The summed E-state index contributed by atoms with van der Waals surface area (Å²) in [6.07, 6.45) is 0. The van der Waals surface area contributed by atoms with E-state index in [0.717, 1.165) is 11.6 Å². The number of carbonyl (C=O) groups excluding carboxylic acids is 1. The SMILES string of the molecule is Cc1ccc(C(=O)c2ccc(F)cc2N)cc1. The van der Waals surface area contributed by atoms with E-state index >= 15 is 0 Å². The number of benzene rings is 2. The van der Waals surface area contributed by atoms with E-state index in [9.17, 15) is 9.18 Å². The minimum absolute atomic E-state index is 0.163. The Morgan fingerprint density at radius 1 is 1.12 bits per heavy atom. The summed E-state index contributed by atoms with van der Waals surface area (Å²) in [5.41, 5.74) is 7.75. The summed E-state index contributed by atoms with van der Waals surface area (Å²) >= 11 is 0. The van der Waals surface area contributed by atoms with E-state index in [4.69, 9.17) is 5.73 Å². The van der Waals surface area contributed by atoms with Gasteiger partial charge in [-0.25, -0.2) is 4.39 Å². The Kier molecular flexibility index (Phi) is 2.91. The first-order valence-corrected chi connectivity index (χ1v) is 5.24. The number of nitrogen functional groups attached to an aromatic ring is 1. The highest BCUT2D eigenvalue weighted by Crippen LogP contribution is 2.18. The fraction of sp³-hybridized carbons (Fsp3) is 0.0714. The van der Waals surface area contributed by atoms with Crippen molar-refractivity contribution in [3.8, 4) is 0 Å². The molecule has 0 unspecified atom stereocenters. The molecule has 0 radical (unpaired) electrons. The molecular weight excluding hydrogens is 217 g/mol. The average Bonchev–Trinajstić information content (AvgIpc) is 2.29. The van der Waals surface area contributed by atoms with Crippen LogP contribution in [0.5, 0.6) is 0 Å². The number of carbonyl (C=O) groups is 1. The molecule has 0 aromatic heterocycles. The van der Waals surface area contributed by atoms with E-state index in [1.165, 1.54) is 12.1 Å². The molecule has 86 valence electrons. The van der Waals surface area contributed by atoms with Gasteiger partial charge in [-0.3, -0.25) is 4.79 Å². The fourth-order valence-corrected chi connectivity index (χ4v) is 1.60. The molecule has 0 bridgehead atoms. The van der Waals surface area contributed by atoms with Gasteiger partial charge in [-0.05, 0) is 25.1 Å². The van der Waals surface area contributed by atoms with Gasteiger partial charge in [0.05, 0.1) is 0 Å². The standard InChI is InChI=1S/C14H12FNO/c1-9-2-4-10(5-3-9)14(17)12-7-6-11(15)8-13(12)16/h2-8H,16H2,1H3. The van der Waals surface area contributed by atoms with Crippen LogP contribution >= 0.6 is 0 Å². The normalized spacial score (nSPS) is 10.2. The molecule has 0 fully saturated rings. The molecular formula is C14H12FNO. The van der Waals surface area contributed by atoms with Crippen molar-refractivity contribution in [2.75, 3.05) is 5.73 Å². The van der Waals surface area contributed by atoms with Crippen LogP contribution < -0.4 is 5.73 Å². The summed E-state index contributed by atoms with van der Waals surface area (Å²) in [4.78, 5) is 12.1. The Labute approximate surface area is 98.9 Å². The van der Waals surface area contributed by atoms with Crippen molar-refractivity contribution in [2.24, 2.45) is 0 Å². The number of aryl methyl sites for hydroxylation is 1. The molecule has 2 nitrogen and oxygen atoms in total. The van der Waals surface area contributed by atoms with Crippen LogP contribution in [0.4, 0.5) is 10.1 Å². The maximum atomic E-state index is 12.9. The lowest BCUT2D eigenvalue weighted by Gasteiger charge is -2.05. The maximum absolute atomic E-state index is 12.9. The van der Waals surface area contributed by atoms with Crippen LogP contribution in [0.15, 0.2) is 42.5 Å². The second-order valence-electron chi connectivity index (χ2n) is 3.93. The highest BCUT2D eigenvalue weighted by atomic mass is 19.1. The lowest BCUT2D eigenvalue weighted by Crippen LogP contribution is -2.05. The largest absolute Gasteiger partial charge is 0.398 e. The van der Waals surface area contributed by atoms with Crippen LogP contribution in [0.1, 0.15) is 21.5 Å². The van der Waals surface area contributed by atoms with E-state index < -0.39 is 5.82 Å². The number of hydrogen-bond acceptors (Lipinski definition) is 2. The number of anilines is 1. The molecule has 2 aromatic rings. The molecule has 2 N–H and O–H groups in total. The molecule has 0 aliphatic heterocycles. The highest BCUT2D eigenvalue weighted by molar-refractivity contribution is 6.12. The van der Waals surface area contributed by atoms with Crippen LogP contribution in [-0.4, -0.2) is 5.78 Å². The fourth-order valence-electron chi connectivity index (χ4n) is 1.60.